The number of amides is 1. The highest BCUT2D eigenvalue weighted by molar-refractivity contribution is 7.12. The Morgan fingerprint density at radius 3 is 3.06 bits per heavy atom. The van der Waals surface area contributed by atoms with Gasteiger partial charge in [0.25, 0.3) is 5.91 Å². The van der Waals surface area contributed by atoms with E-state index in [0.29, 0.717) is 6.42 Å². The van der Waals surface area contributed by atoms with Crippen LogP contribution in [-0.2, 0) is 0 Å². The molecule has 0 spiro atoms. The fourth-order valence-electron chi connectivity index (χ4n) is 2.46. The molecule has 3 nitrogen and oxygen atoms in total. The second-order valence-corrected chi connectivity index (χ2v) is 5.73. The van der Waals surface area contributed by atoms with Crippen LogP contribution < -0.4 is 0 Å². The SMILES string of the molecule is Cc1ccsc1C(=O)N1CCC[C@@H]1C[C@H](C)O. The Labute approximate surface area is 106 Å². The molecule has 94 valence electrons. The number of hydrogen-bond donors (Lipinski definition) is 1. The maximum Gasteiger partial charge on any atom is 0.264 e. The summed E-state index contributed by atoms with van der Waals surface area (Å²) in [5, 5.41) is 11.4. The van der Waals surface area contributed by atoms with Gasteiger partial charge in [0.1, 0.15) is 0 Å². The van der Waals surface area contributed by atoms with Crippen molar-refractivity contribution in [1.29, 1.82) is 0 Å². The van der Waals surface area contributed by atoms with Gasteiger partial charge in [0.15, 0.2) is 0 Å². The summed E-state index contributed by atoms with van der Waals surface area (Å²) < 4.78 is 0. The standard InChI is InChI=1S/C13H19NO2S/c1-9-5-7-17-12(9)13(16)14-6-3-4-11(14)8-10(2)15/h5,7,10-11,15H,3-4,6,8H2,1-2H3/t10-,11+/m0/s1. The third kappa shape index (κ3) is 2.69. The summed E-state index contributed by atoms with van der Waals surface area (Å²) in [5.74, 6) is 0.139. The van der Waals surface area contributed by atoms with E-state index in [1.54, 1.807) is 6.92 Å². The summed E-state index contributed by atoms with van der Waals surface area (Å²) in [6.45, 7) is 4.59. The molecular formula is C13H19NO2S. The number of likely N-dealkylation sites (tertiary alicyclic amines) is 1. The minimum absolute atomic E-state index is 0.139. The quantitative estimate of drug-likeness (QED) is 0.898. The highest BCUT2D eigenvalue weighted by atomic mass is 32.1. The minimum atomic E-state index is -0.335. The maximum absolute atomic E-state index is 12.4. The minimum Gasteiger partial charge on any atom is -0.393 e. The second-order valence-electron chi connectivity index (χ2n) is 4.81. The molecule has 1 N–H and O–H groups in total. The van der Waals surface area contributed by atoms with Crippen LogP contribution in [0.25, 0.3) is 0 Å². The van der Waals surface area contributed by atoms with Gasteiger partial charge in [-0.25, -0.2) is 0 Å². The predicted molar refractivity (Wildman–Crippen MR) is 69.4 cm³/mol. The molecular weight excluding hydrogens is 234 g/mol. The van der Waals surface area contributed by atoms with Gasteiger partial charge in [0.2, 0.25) is 0 Å². The van der Waals surface area contributed by atoms with Crippen LogP contribution in [-0.4, -0.2) is 34.6 Å². The van der Waals surface area contributed by atoms with Crippen LogP contribution in [0.15, 0.2) is 11.4 Å². The lowest BCUT2D eigenvalue weighted by Crippen LogP contribution is -2.37. The molecule has 0 aromatic carbocycles. The zero-order chi connectivity index (χ0) is 12.4. The van der Waals surface area contributed by atoms with Gasteiger partial charge >= 0.3 is 0 Å². The Morgan fingerprint density at radius 1 is 1.71 bits per heavy atom. The third-order valence-corrected chi connectivity index (χ3v) is 4.31. The molecule has 17 heavy (non-hydrogen) atoms. The van der Waals surface area contributed by atoms with E-state index < -0.39 is 0 Å². The molecule has 2 atom stereocenters. The molecule has 2 heterocycles. The Bertz CT molecular complexity index is 400. The molecule has 1 fully saturated rings. The van der Waals surface area contributed by atoms with E-state index in [1.165, 1.54) is 11.3 Å². The molecule has 1 saturated heterocycles. The number of thiophene rings is 1. The highest BCUT2D eigenvalue weighted by Crippen LogP contribution is 2.26. The van der Waals surface area contributed by atoms with Gasteiger partial charge in [0, 0.05) is 12.6 Å². The topological polar surface area (TPSA) is 40.5 Å². The van der Waals surface area contributed by atoms with Crippen LogP contribution in [0.5, 0.6) is 0 Å². The summed E-state index contributed by atoms with van der Waals surface area (Å²) in [4.78, 5) is 15.2. The summed E-state index contributed by atoms with van der Waals surface area (Å²) in [6.07, 6.45) is 2.42. The average Bonchev–Trinajstić information content (AvgIpc) is 2.85. The van der Waals surface area contributed by atoms with Gasteiger partial charge in [-0.05, 0) is 50.1 Å². The second kappa shape index (κ2) is 5.19. The summed E-state index contributed by atoms with van der Waals surface area (Å²) in [6, 6.07) is 2.20. The lowest BCUT2D eigenvalue weighted by atomic mass is 10.1. The van der Waals surface area contributed by atoms with Crippen molar-refractivity contribution in [1.82, 2.24) is 4.90 Å². The number of nitrogens with zero attached hydrogens (tertiary/aromatic N) is 1. The van der Waals surface area contributed by atoms with Gasteiger partial charge in [-0.3, -0.25) is 4.79 Å². The van der Waals surface area contributed by atoms with Gasteiger partial charge in [-0.1, -0.05) is 0 Å². The Hall–Kier alpha value is -0.870. The molecule has 4 heteroatoms. The van der Waals surface area contributed by atoms with Crippen molar-refractivity contribution in [3.05, 3.63) is 21.9 Å². The van der Waals surface area contributed by atoms with Gasteiger partial charge in [0.05, 0.1) is 11.0 Å². The number of hydrogen-bond acceptors (Lipinski definition) is 3. The zero-order valence-electron chi connectivity index (χ0n) is 10.3. The van der Waals surface area contributed by atoms with Gasteiger partial charge < -0.3 is 10.0 Å². The highest BCUT2D eigenvalue weighted by Gasteiger charge is 2.31. The fourth-order valence-corrected chi connectivity index (χ4v) is 3.34. The van der Waals surface area contributed by atoms with Gasteiger partial charge in [-0.2, -0.15) is 0 Å². The smallest absolute Gasteiger partial charge is 0.264 e. The molecule has 0 radical (unpaired) electrons. The molecule has 1 aliphatic rings. The molecule has 1 aromatic rings. The normalized spacial score (nSPS) is 21.8. The van der Waals surface area contributed by atoms with E-state index in [1.807, 2.05) is 23.3 Å². The van der Waals surface area contributed by atoms with Crippen molar-refractivity contribution in [3.63, 3.8) is 0 Å². The number of carbonyl (C=O) groups excluding carboxylic acids is 1. The van der Waals surface area contributed by atoms with Crippen molar-refractivity contribution >= 4 is 17.2 Å². The van der Waals surface area contributed by atoms with Crippen molar-refractivity contribution in [2.24, 2.45) is 0 Å². The van der Waals surface area contributed by atoms with E-state index in [4.69, 9.17) is 0 Å². The number of carbonyl (C=O) groups is 1. The van der Waals surface area contributed by atoms with Crippen LogP contribution in [0.1, 0.15) is 41.4 Å². The van der Waals surface area contributed by atoms with Gasteiger partial charge in [-0.15, -0.1) is 11.3 Å². The Kier molecular flexibility index (Phi) is 3.84. The van der Waals surface area contributed by atoms with Crippen LogP contribution in [0.2, 0.25) is 0 Å². The average molecular weight is 253 g/mol. The van der Waals surface area contributed by atoms with Crippen molar-refractivity contribution in [2.45, 2.75) is 45.3 Å². The molecule has 2 rings (SSSR count). The fraction of sp³-hybridized carbons (Fsp3) is 0.615. The first-order chi connectivity index (χ1) is 8.09. The largest absolute Gasteiger partial charge is 0.393 e. The molecule has 0 aliphatic carbocycles. The van der Waals surface area contributed by atoms with Crippen molar-refractivity contribution in [2.75, 3.05) is 6.54 Å². The zero-order valence-corrected chi connectivity index (χ0v) is 11.2. The summed E-state index contributed by atoms with van der Waals surface area (Å²) in [7, 11) is 0. The van der Waals surface area contributed by atoms with E-state index >= 15 is 0 Å². The Morgan fingerprint density at radius 2 is 2.47 bits per heavy atom. The molecule has 1 aliphatic heterocycles. The number of aliphatic hydroxyl groups is 1. The van der Waals surface area contributed by atoms with E-state index in [2.05, 4.69) is 0 Å². The van der Waals surface area contributed by atoms with Crippen LogP contribution in [0, 0.1) is 6.92 Å². The molecule has 0 unspecified atom stereocenters. The molecule has 0 bridgehead atoms. The third-order valence-electron chi connectivity index (χ3n) is 3.31. The van der Waals surface area contributed by atoms with E-state index in [0.717, 1.165) is 29.8 Å². The van der Waals surface area contributed by atoms with Crippen LogP contribution in [0.4, 0.5) is 0 Å². The van der Waals surface area contributed by atoms with Crippen LogP contribution >= 0.6 is 11.3 Å². The number of rotatable bonds is 3. The van der Waals surface area contributed by atoms with Crippen LogP contribution in [0.3, 0.4) is 0 Å². The first kappa shape index (κ1) is 12.6. The lowest BCUT2D eigenvalue weighted by Gasteiger charge is -2.25. The predicted octanol–water partition coefficient (Wildman–Crippen LogP) is 2.43. The number of aryl methyl sites for hydroxylation is 1. The monoisotopic (exact) mass is 253 g/mol. The Balaban J connectivity index is 2.11. The number of aliphatic hydroxyl groups excluding tert-OH is 1. The van der Waals surface area contributed by atoms with Crippen molar-refractivity contribution < 1.29 is 9.90 Å². The summed E-state index contributed by atoms with van der Waals surface area (Å²) in [5.41, 5.74) is 1.06. The first-order valence-corrected chi connectivity index (χ1v) is 7.00. The maximum atomic E-state index is 12.4. The molecule has 1 amide bonds. The molecule has 0 saturated carbocycles. The van der Waals surface area contributed by atoms with Crippen molar-refractivity contribution in [3.8, 4) is 0 Å². The van der Waals surface area contributed by atoms with E-state index in [9.17, 15) is 9.90 Å². The first-order valence-electron chi connectivity index (χ1n) is 6.12. The molecule has 1 aromatic heterocycles. The lowest BCUT2D eigenvalue weighted by molar-refractivity contribution is 0.0686. The van der Waals surface area contributed by atoms with E-state index in [-0.39, 0.29) is 18.1 Å². The summed E-state index contributed by atoms with van der Waals surface area (Å²) >= 11 is 1.51.